The molecule has 1 aliphatic rings. The second-order valence-corrected chi connectivity index (χ2v) is 7.23. The third-order valence-electron chi connectivity index (χ3n) is 4.91. The van der Waals surface area contributed by atoms with E-state index in [1.54, 1.807) is 19.3 Å². The minimum Gasteiger partial charge on any atom is -0.466 e. The Morgan fingerprint density at radius 3 is 2.73 bits per heavy atom. The van der Waals surface area contributed by atoms with E-state index < -0.39 is 0 Å². The standard InChI is InChI=1S/C22H28N4O4/c1-3-29-19(27)10-11-24-21(28)17-5-4-14-26(15-17)20-22(25-13-12-23-20)30-18-8-6-16(2)7-9-18/h6-9,12-13,17H,3-5,10-11,14-15H2,1-2H3,(H,24,28). The van der Waals surface area contributed by atoms with Crippen LogP contribution < -0.4 is 15.0 Å². The molecular weight excluding hydrogens is 384 g/mol. The Kier molecular flexibility index (Phi) is 7.59. The van der Waals surface area contributed by atoms with Crippen LogP contribution in [0.25, 0.3) is 0 Å². The highest BCUT2D eigenvalue weighted by Crippen LogP contribution is 2.31. The van der Waals surface area contributed by atoms with Crippen molar-refractivity contribution in [3.63, 3.8) is 0 Å². The van der Waals surface area contributed by atoms with Gasteiger partial charge in [0.05, 0.1) is 18.9 Å². The molecule has 8 heteroatoms. The highest BCUT2D eigenvalue weighted by Gasteiger charge is 2.28. The van der Waals surface area contributed by atoms with Crippen LogP contribution in [0.4, 0.5) is 5.82 Å². The van der Waals surface area contributed by atoms with Gasteiger partial charge in [-0.25, -0.2) is 9.97 Å². The molecule has 0 spiro atoms. The Morgan fingerprint density at radius 2 is 1.97 bits per heavy atom. The highest BCUT2D eigenvalue weighted by molar-refractivity contribution is 5.80. The van der Waals surface area contributed by atoms with Crippen LogP contribution in [0.1, 0.15) is 31.7 Å². The molecule has 0 saturated carbocycles. The molecule has 1 saturated heterocycles. The maximum Gasteiger partial charge on any atom is 0.307 e. The molecule has 1 N–H and O–H groups in total. The van der Waals surface area contributed by atoms with E-state index in [0.717, 1.165) is 24.9 Å². The van der Waals surface area contributed by atoms with E-state index in [1.165, 1.54) is 0 Å². The van der Waals surface area contributed by atoms with Crippen LogP contribution in [0.2, 0.25) is 0 Å². The number of benzene rings is 1. The molecular formula is C22H28N4O4. The SMILES string of the molecule is CCOC(=O)CCNC(=O)C1CCCN(c2nccnc2Oc2ccc(C)cc2)C1. The van der Waals surface area contributed by atoms with Crippen molar-refractivity contribution in [2.24, 2.45) is 5.92 Å². The first-order valence-electron chi connectivity index (χ1n) is 10.3. The zero-order valence-electron chi connectivity index (χ0n) is 17.5. The highest BCUT2D eigenvalue weighted by atomic mass is 16.5. The van der Waals surface area contributed by atoms with Gasteiger partial charge in [-0.2, -0.15) is 0 Å². The lowest BCUT2D eigenvalue weighted by molar-refractivity contribution is -0.143. The summed E-state index contributed by atoms with van der Waals surface area (Å²) in [6, 6.07) is 7.74. The summed E-state index contributed by atoms with van der Waals surface area (Å²) >= 11 is 0. The van der Waals surface area contributed by atoms with Gasteiger partial charge in [-0.05, 0) is 38.8 Å². The van der Waals surface area contributed by atoms with Gasteiger partial charge in [0, 0.05) is 32.0 Å². The summed E-state index contributed by atoms with van der Waals surface area (Å²) in [6.45, 7) is 5.69. The van der Waals surface area contributed by atoms with Crippen LogP contribution in [0.5, 0.6) is 11.6 Å². The molecule has 1 atom stereocenters. The third kappa shape index (κ3) is 5.92. The zero-order valence-corrected chi connectivity index (χ0v) is 17.5. The number of aromatic nitrogens is 2. The molecule has 0 radical (unpaired) electrons. The average Bonchev–Trinajstić information content (AvgIpc) is 2.76. The predicted octanol–water partition coefficient (Wildman–Crippen LogP) is 2.86. The van der Waals surface area contributed by atoms with Gasteiger partial charge in [0.2, 0.25) is 5.91 Å². The fourth-order valence-corrected chi connectivity index (χ4v) is 3.37. The normalized spacial score (nSPS) is 16.1. The molecule has 3 rings (SSSR count). The molecule has 160 valence electrons. The van der Waals surface area contributed by atoms with Crippen molar-refractivity contribution in [1.82, 2.24) is 15.3 Å². The second kappa shape index (κ2) is 10.6. The van der Waals surface area contributed by atoms with E-state index in [1.807, 2.05) is 36.1 Å². The van der Waals surface area contributed by atoms with E-state index in [-0.39, 0.29) is 30.8 Å². The summed E-state index contributed by atoms with van der Waals surface area (Å²) in [6.07, 6.45) is 5.04. The van der Waals surface area contributed by atoms with E-state index >= 15 is 0 Å². The van der Waals surface area contributed by atoms with Crippen LogP contribution in [-0.2, 0) is 14.3 Å². The molecule has 8 nitrogen and oxygen atoms in total. The summed E-state index contributed by atoms with van der Waals surface area (Å²) in [7, 11) is 0. The number of rotatable bonds is 8. The molecule has 1 aromatic carbocycles. The average molecular weight is 412 g/mol. The van der Waals surface area contributed by atoms with Crippen molar-refractivity contribution in [3.05, 3.63) is 42.2 Å². The van der Waals surface area contributed by atoms with Crippen LogP contribution in [0, 0.1) is 12.8 Å². The van der Waals surface area contributed by atoms with Gasteiger partial charge in [0.1, 0.15) is 5.75 Å². The minimum absolute atomic E-state index is 0.0612. The molecule has 0 aliphatic carbocycles. The molecule has 2 aromatic rings. The number of nitrogens with one attached hydrogen (secondary N) is 1. The molecule has 30 heavy (non-hydrogen) atoms. The smallest absolute Gasteiger partial charge is 0.307 e. The van der Waals surface area contributed by atoms with Crippen molar-refractivity contribution in [2.45, 2.75) is 33.1 Å². The number of esters is 1. The van der Waals surface area contributed by atoms with Crippen LogP contribution in [0.15, 0.2) is 36.7 Å². The van der Waals surface area contributed by atoms with Crippen molar-refractivity contribution in [3.8, 4) is 11.6 Å². The molecule has 1 aromatic heterocycles. The quantitative estimate of drug-likeness (QED) is 0.666. The Hall–Kier alpha value is -3.16. The summed E-state index contributed by atoms with van der Waals surface area (Å²) < 4.78 is 10.8. The fourth-order valence-electron chi connectivity index (χ4n) is 3.37. The largest absolute Gasteiger partial charge is 0.466 e. The molecule has 0 bridgehead atoms. The van der Waals surface area contributed by atoms with Gasteiger partial charge in [-0.15, -0.1) is 0 Å². The van der Waals surface area contributed by atoms with Crippen LogP contribution in [0.3, 0.4) is 0 Å². The molecule has 1 amide bonds. The summed E-state index contributed by atoms with van der Waals surface area (Å²) in [5.74, 6) is 1.18. The number of aryl methyl sites for hydroxylation is 1. The van der Waals surface area contributed by atoms with Crippen molar-refractivity contribution < 1.29 is 19.1 Å². The molecule has 2 heterocycles. The fraction of sp³-hybridized carbons (Fsp3) is 0.455. The van der Waals surface area contributed by atoms with Gasteiger partial charge >= 0.3 is 5.97 Å². The number of carbonyl (C=O) groups excluding carboxylic acids is 2. The number of ether oxygens (including phenoxy) is 2. The van der Waals surface area contributed by atoms with Crippen LogP contribution in [-0.4, -0.2) is 48.1 Å². The minimum atomic E-state index is -0.305. The number of carbonyl (C=O) groups is 2. The Labute approximate surface area is 176 Å². The van der Waals surface area contributed by atoms with Crippen molar-refractivity contribution in [2.75, 3.05) is 31.1 Å². The summed E-state index contributed by atoms with van der Waals surface area (Å²) in [5, 5.41) is 2.84. The van der Waals surface area contributed by atoms with Gasteiger partial charge in [-0.1, -0.05) is 17.7 Å². The number of piperidine rings is 1. The lowest BCUT2D eigenvalue weighted by atomic mass is 9.97. The van der Waals surface area contributed by atoms with Gasteiger partial charge < -0.3 is 19.7 Å². The Bertz CT molecular complexity index is 856. The molecule has 1 unspecified atom stereocenters. The monoisotopic (exact) mass is 412 g/mol. The van der Waals surface area contributed by atoms with E-state index in [4.69, 9.17) is 9.47 Å². The lowest BCUT2D eigenvalue weighted by Gasteiger charge is -2.33. The van der Waals surface area contributed by atoms with Crippen molar-refractivity contribution in [1.29, 1.82) is 0 Å². The van der Waals surface area contributed by atoms with E-state index in [9.17, 15) is 9.59 Å². The second-order valence-electron chi connectivity index (χ2n) is 7.23. The Morgan fingerprint density at radius 1 is 1.20 bits per heavy atom. The first-order valence-corrected chi connectivity index (χ1v) is 10.3. The van der Waals surface area contributed by atoms with Crippen molar-refractivity contribution >= 4 is 17.7 Å². The maximum atomic E-state index is 12.6. The predicted molar refractivity (Wildman–Crippen MR) is 112 cm³/mol. The first-order chi connectivity index (χ1) is 14.6. The maximum absolute atomic E-state index is 12.6. The number of anilines is 1. The number of hydrogen-bond acceptors (Lipinski definition) is 7. The van der Waals surface area contributed by atoms with E-state index in [0.29, 0.717) is 30.6 Å². The van der Waals surface area contributed by atoms with Gasteiger partial charge in [0.15, 0.2) is 5.82 Å². The topological polar surface area (TPSA) is 93.7 Å². The molecule has 1 aliphatic heterocycles. The first kappa shape index (κ1) is 21.5. The number of hydrogen-bond donors (Lipinski definition) is 1. The van der Waals surface area contributed by atoms with Gasteiger partial charge in [0.25, 0.3) is 5.88 Å². The Balaban J connectivity index is 1.61. The summed E-state index contributed by atoms with van der Waals surface area (Å²) in [4.78, 5) is 34.8. The van der Waals surface area contributed by atoms with E-state index in [2.05, 4.69) is 15.3 Å². The number of nitrogens with zero attached hydrogens (tertiary/aromatic N) is 3. The third-order valence-corrected chi connectivity index (χ3v) is 4.91. The van der Waals surface area contributed by atoms with Crippen LogP contribution >= 0.6 is 0 Å². The summed E-state index contributed by atoms with van der Waals surface area (Å²) in [5.41, 5.74) is 1.15. The zero-order chi connectivity index (χ0) is 21.3. The molecule has 1 fully saturated rings. The number of amides is 1. The lowest BCUT2D eigenvalue weighted by Crippen LogP contribution is -2.44. The van der Waals surface area contributed by atoms with Gasteiger partial charge in [-0.3, -0.25) is 9.59 Å².